The molecule has 2 rings (SSSR count). The third-order valence-electron chi connectivity index (χ3n) is 2.23. The summed E-state index contributed by atoms with van der Waals surface area (Å²) in [4.78, 5) is 11.7. The smallest absolute Gasteiger partial charge is 0.252 e. The molecule has 1 aromatic rings. The Bertz CT molecular complexity index is 333. The van der Waals surface area contributed by atoms with Gasteiger partial charge in [0.15, 0.2) is 0 Å². The summed E-state index contributed by atoms with van der Waals surface area (Å²) >= 11 is 3.83. The number of carbonyl (C=O) groups is 1. The number of carbonyl (C=O) groups excluding carboxylic acids is 1. The summed E-state index contributed by atoms with van der Waals surface area (Å²) in [5.74, 6) is 0.0536. The first kappa shape index (κ1) is 10.4. The topological polar surface area (TPSA) is 41.1 Å². The molecule has 0 aliphatic carbocycles. The lowest BCUT2D eigenvalue weighted by Crippen LogP contribution is -2.35. The number of hydrogen-bond acceptors (Lipinski definition) is 3. The molecule has 2 N–H and O–H groups in total. The fourth-order valence-electron chi connectivity index (χ4n) is 1.48. The van der Waals surface area contributed by atoms with Gasteiger partial charge in [-0.3, -0.25) is 4.79 Å². The van der Waals surface area contributed by atoms with Gasteiger partial charge in [-0.05, 0) is 41.6 Å². The van der Waals surface area contributed by atoms with E-state index in [1.807, 2.05) is 11.4 Å². The van der Waals surface area contributed by atoms with Crippen LogP contribution in [0.15, 0.2) is 11.4 Å². The van der Waals surface area contributed by atoms with Crippen molar-refractivity contribution < 1.29 is 4.79 Å². The second-order valence-corrected chi connectivity index (χ2v) is 6.11. The van der Waals surface area contributed by atoms with Crippen LogP contribution in [-0.4, -0.2) is 25.0 Å². The van der Waals surface area contributed by atoms with Crippen LogP contribution in [0.4, 0.5) is 0 Å². The molecule has 14 heavy (non-hydrogen) atoms. The number of thiophene rings is 1. The van der Waals surface area contributed by atoms with Gasteiger partial charge in [-0.25, -0.2) is 0 Å². The first-order valence-corrected chi connectivity index (χ1v) is 6.47. The molecule has 76 valence electrons. The fourth-order valence-corrected chi connectivity index (χ4v) is 2.80. The second-order valence-electron chi connectivity index (χ2n) is 3.30. The van der Waals surface area contributed by atoms with Crippen molar-refractivity contribution in [3.8, 4) is 0 Å². The van der Waals surface area contributed by atoms with E-state index in [0.29, 0.717) is 6.04 Å². The van der Waals surface area contributed by atoms with Crippen molar-refractivity contribution in [2.45, 2.75) is 12.5 Å². The summed E-state index contributed by atoms with van der Waals surface area (Å²) in [7, 11) is 0. The number of rotatable bonds is 2. The zero-order valence-electron chi connectivity index (χ0n) is 7.55. The highest BCUT2D eigenvalue weighted by molar-refractivity contribution is 14.1. The van der Waals surface area contributed by atoms with E-state index in [1.54, 1.807) is 11.3 Å². The van der Waals surface area contributed by atoms with Crippen LogP contribution in [0.25, 0.3) is 0 Å². The quantitative estimate of drug-likeness (QED) is 0.809. The van der Waals surface area contributed by atoms with Gasteiger partial charge in [0.25, 0.3) is 5.91 Å². The molecule has 5 heteroatoms. The number of hydrogen-bond donors (Lipinski definition) is 2. The normalized spacial score (nSPS) is 21.1. The highest BCUT2D eigenvalue weighted by Crippen LogP contribution is 2.16. The minimum Gasteiger partial charge on any atom is -0.348 e. The average molecular weight is 322 g/mol. The van der Waals surface area contributed by atoms with Crippen LogP contribution in [0.1, 0.15) is 16.8 Å². The summed E-state index contributed by atoms with van der Waals surface area (Å²) in [6, 6.07) is 2.23. The molecule has 0 bridgehead atoms. The lowest BCUT2D eigenvalue weighted by molar-refractivity contribution is 0.0940. The van der Waals surface area contributed by atoms with Gasteiger partial charge in [-0.1, -0.05) is 0 Å². The molecular formula is C9H11IN2OS. The van der Waals surface area contributed by atoms with Crippen molar-refractivity contribution in [2.24, 2.45) is 0 Å². The van der Waals surface area contributed by atoms with Crippen molar-refractivity contribution >= 4 is 39.8 Å². The summed E-state index contributed by atoms with van der Waals surface area (Å²) in [6.07, 6.45) is 1.03. The Balaban J connectivity index is 1.95. The Morgan fingerprint density at radius 2 is 2.57 bits per heavy atom. The standard InChI is InChI=1S/C9H11IN2OS/c10-8-3-6(5-14-8)9(13)12-7-1-2-11-4-7/h3,5,7,11H,1-2,4H2,(H,12,13)/t7-/m0/s1. The third kappa shape index (κ3) is 2.46. The zero-order valence-corrected chi connectivity index (χ0v) is 10.5. The second kappa shape index (κ2) is 4.59. The lowest BCUT2D eigenvalue weighted by atomic mass is 10.2. The maximum atomic E-state index is 11.7. The fraction of sp³-hybridized carbons (Fsp3) is 0.444. The first-order valence-electron chi connectivity index (χ1n) is 4.51. The van der Waals surface area contributed by atoms with Gasteiger partial charge in [-0.2, -0.15) is 0 Å². The Labute approximate surface area is 100 Å². The lowest BCUT2D eigenvalue weighted by Gasteiger charge is -2.09. The van der Waals surface area contributed by atoms with Crippen LogP contribution in [0.5, 0.6) is 0 Å². The molecule has 0 radical (unpaired) electrons. The van der Waals surface area contributed by atoms with Gasteiger partial charge in [0.2, 0.25) is 0 Å². The van der Waals surface area contributed by atoms with Crippen LogP contribution < -0.4 is 10.6 Å². The molecule has 1 aliphatic heterocycles. The molecule has 1 fully saturated rings. The molecule has 1 aliphatic rings. The maximum absolute atomic E-state index is 11.7. The molecule has 0 saturated carbocycles. The van der Waals surface area contributed by atoms with Crippen molar-refractivity contribution in [2.75, 3.05) is 13.1 Å². The SMILES string of the molecule is O=C(N[C@H]1CCNC1)c1csc(I)c1. The number of amides is 1. The van der Waals surface area contributed by atoms with Gasteiger partial charge >= 0.3 is 0 Å². The summed E-state index contributed by atoms with van der Waals surface area (Å²) in [5, 5.41) is 8.13. The van der Waals surface area contributed by atoms with E-state index in [4.69, 9.17) is 0 Å². The van der Waals surface area contributed by atoms with E-state index in [2.05, 4.69) is 33.2 Å². The third-order valence-corrected chi connectivity index (χ3v) is 4.01. The van der Waals surface area contributed by atoms with Gasteiger partial charge in [0, 0.05) is 18.0 Å². The van der Waals surface area contributed by atoms with Gasteiger partial charge < -0.3 is 10.6 Å². The van der Waals surface area contributed by atoms with Crippen molar-refractivity contribution in [3.05, 3.63) is 19.9 Å². The predicted octanol–water partition coefficient (Wildman–Crippen LogP) is 1.44. The van der Waals surface area contributed by atoms with E-state index >= 15 is 0 Å². The Hall–Kier alpha value is -0.140. The van der Waals surface area contributed by atoms with Gasteiger partial charge in [-0.15, -0.1) is 11.3 Å². The van der Waals surface area contributed by atoms with E-state index in [1.165, 1.54) is 0 Å². The number of halogens is 1. The highest BCUT2D eigenvalue weighted by atomic mass is 127. The monoisotopic (exact) mass is 322 g/mol. The molecule has 0 aromatic carbocycles. The minimum atomic E-state index is 0.0536. The summed E-state index contributed by atoms with van der Waals surface area (Å²) in [6.45, 7) is 1.90. The Morgan fingerprint density at radius 3 is 3.14 bits per heavy atom. The van der Waals surface area contributed by atoms with E-state index < -0.39 is 0 Å². The van der Waals surface area contributed by atoms with Gasteiger partial charge in [0.1, 0.15) is 0 Å². The van der Waals surface area contributed by atoms with Crippen LogP contribution in [0.2, 0.25) is 0 Å². The van der Waals surface area contributed by atoms with Crippen molar-refractivity contribution in [1.29, 1.82) is 0 Å². The summed E-state index contributed by atoms with van der Waals surface area (Å²) in [5.41, 5.74) is 0.784. The molecule has 3 nitrogen and oxygen atoms in total. The Kier molecular flexibility index (Phi) is 3.40. The van der Waals surface area contributed by atoms with E-state index in [-0.39, 0.29) is 5.91 Å². The molecule has 0 unspecified atom stereocenters. The molecule has 1 atom stereocenters. The molecule has 0 spiro atoms. The average Bonchev–Trinajstić information content (AvgIpc) is 2.75. The van der Waals surface area contributed by atoms with Crippen LogP contribution in [-0.2, 0) is 0 Å². The maximum Gasteiger partial charge on any atom is 0.252 e. The van der Waals surface area contributed by atoms with Crippen LogP contribution in [0, 0.1) is 2.88 Å². The Morgan fingerprint density at radius 1 is 1.71 bits per heavy atom. The van der Waals surface area contributed by atoms with Gasteiger partial charge in [0.05, 0.1) is 8.45 Å². The molecule has 1 aromatic heterocycles. The molecule has 1 amide bonds. The van der Waals surface area contributed by atoms with Crippen molar-refractivity contribution in [3.63, 3.8) is 0 Å². The first-order chi connectivity index (χ1) is 6.75. The van der Waals surface area contributed by atoms with E-state index in [0.717, 1.165) is 28.0 Å². The minimum absolute atomic E-state index is 0.0536. The molecular weight excluding hydrogens is 311 g/mol. The zero-order chi connectivity index (χ0) is 9.97. The van der Waals surface area contributed by atoms with Crippen LogP contribution >= 0.6 is 33.9 Å². The molecule has 1 saturated heterocycles. The van der Waals surface area contributed by atoms with Crippen molar-refractivity contribution in [1.82, 2.24) is 10.6 Å². The highest BCUT2D eigenvalue weighted by Gasteiger charge is 2.17. The molecule has 2 heterocycles. The largest absolute Gasteiger partial charge is 0.348 e. The number of nitrogens with one attached hydrogen (secondary N) is 2. The summed E-state index contributed by atoms with van der Waals surface area (Å²) < 4.78 is 1.15. The van der Waals surface area contributed by atoms with E-state index in [9.17, 15) is 4.79 Å². The predicted molar refractivity (Wildman–Crippen MR) is 65.8 cm³/mol. The van der Waals surface area contributed by atoms with Crippen LogP contribution in [0.3, 0.4) is 0 Å².